The van der Waals surface area contributed by atoms with Gasteiger partial charge in [0.2, 0.25) is 5.91 Å². The molecule has 5 heteroatoms. The van der Waals surface area contributed by atoms with E-state index in [0.717, 1.165) is 11.4 Å². The number of aromatic nitrogens is 2. The van der Waals surface area contributed by atoms with Gasteiger partial charge < -0.3 is 15.4 Å². The van der Waals surface area contributed by atoms with E-state index in [2.05, 4.69) is 15.3 Å². The summed E-state index contributed by atoms with van der Waals surface area (Å²) < 4.78 is 0. The molecule has 0 fully saturated rings. The normalized spacial score (nSPS) is 10.3. The fraction of sp³-hybridized carbons (Fsp3) is 0.286. The molecule has 0 unspecified atom stereocenters. The number of H-pyrrole nitrogens is 1. The van der Waals surface area contributed by atoms with Crippen LogP contribution in [-0.4, -0.2) is 27.5 Å². The molecule has 0 radical (unpaired) electrons. The maximum atomic E-state index is 11.6. The lowest BCUT2D eigenvalue weighted by Crippen LogP contribution is -2.26. The third-order valence-corrected chi connectivity index (χ3v) is 2.85. The van der Waals surface area contributed by atoms with Crippen molar-refractivity contribution in [3.8, 4) is 5.75 Å². The minimum absolute atomic E-state index is 0.0187. The van der Waals surface area contributed by atoms with E-state index in [1.54, 1.807) is 24.5 Å². The number of para-hydroxylation sites is 1. The summed E-state index contributed by atoms with van der Waals surface area (Å²) in [6.45, 7) is 0.563. The van der Waals surface area contributed by atoms with Gasteiger partial charge in [0, 0.05) is 31.8 Å². The fourth-order valence-corrected chi connectivity index (χ4v) is 1.81. The van der Waals surface area contributed by atoms with Gasteiger partial charge in [0.05, 0.1) is 0 Å². The lowest BCUT2D eigenvalue weighted by molar-refractivity contribution is -0.121. The van der Waals surface area contributed by atoms with Gasteiger partial charge in [-0.25, -0.2) is 4.98 Å². The molecule has 3 N–H and O–H groups in total. The molecule has 1 aromatic carbocycles. The molecule has 100 valence electrons. The minimum Gasteiger partial charge on any atom is -0.508 e. The van der Waals surface area contributed by atoms with Gasteiger partial charge >= 0.3 is 0 Å². The first-order chi connectivity index (χ1) is 9.25. The van der Waals surface area contributed by atoms with Gasteiger partial charge in [-0.3, -0.25) is 4.79 Å². The summed E-state index contributed by atoms with van der Waals surface area (Å²) in [6.07, 6.45) is 5.05. The summed E-state index contributed by atoms with van der Waals surface area (Å²) in [5.74, 6) is 1.08. The standard InChI is InChI=1S/C14H17N3O2/c18-12-4-2-1-3-11(12)5-6-14(19)17-8-7-13-15-9-10-16-13/h1-4,9-10,18H,5-8H2,(H,15,16)(H,17,19). The van der Waals surface area contributed by atoms with Crippen molar-refractivity contribution in [1.82, 2.24) is 15.3 Å². The van der Waals surface area contributed by atoms with Gasteiger partial charge in [-0.2, -0.15) is 0 Å². The molecule has 2 aromatic rings. The summed E-state index contributed by atoms with van der Waals surface area (Å²) in [4.78, 5) is 18.7. The number of carbonyl (C=O) groups excluding carboxylic acids is 1. The van der Waals surface area contributed by atoms with E-state index in [4.69, 9.17) is 0 Å². The number of amides is 1. The smallest absolute Gasteiger partial charge is 0.220 e. The number of phenolic OH excluding ortho intramolecular Hbond substituents is 1. The highest BCUT2D eigenvalue weighted by Crippen LogP contribution is 2.16. The third kappa shape index (κ3) is 4.13. The summed E-state index contributed by atoms with van der Waals surface area (Å²) in [5.41, 5.74) is 0.795. The molecule has 0 spiro atoms. The molecule has 0 aliphatic heterocycles. The number of phenols is 1. The molecule has 0 aliphatic rings. The van der Waals surface area contributed by atoms with Gasteiger partial charge in [0.15, 0.2) is 0 Å². The lowest BCUT2D eigenvalue weighted by atomic mass is 10.1. The first kappa shape index (κ1) is 13.1. The van der Waals surface area contributed by atoms with Gasteiger partial charge in [-0.05, 0) is 18.1 Å². The van der Waals surface area contributed by atoms with Crippen LogP contribution in [0.4, 0.5) is 0 Å². The second-order valence-corrected chi connectivity index (χ2v) is 4.26. The van der Waals surface area contributed by atoms with E-state index in [1.807, 2.05) is 12.1 Å². The Kier molecular flexibility index (Phi) is 4.55. The Morgan fingerprint density at radius 3 is 2.89 bits per heavy atom. The van der Waals surface area contributed by atoms with Crippen molar-refractivity contribution >= 4 is 5.91 Å². The molecule has 1 aromatic heterocycles. The third-order valence-electron chi connectivity index (χ3n) is 2.85. The number of hydrogen-bond donors (Lipinski definition) is 3. The maximum absolute atomic E-state index is 11.6. The molecule has 5 nitrogen and oxygen atoms in total. The first-order valence-corrected chi connectivity index (χ1v) is 6.27. The molecule has 0 atom stereocenters. The van der Waals surface area contributed by atoms with E-state index in [-0.39, 0.29) is 11.7 Å². The molecule has 1 heterocycles. The molecule has 0 bridgehead atoms. The zero-order valence-electron chi connectivity index (χ0n) is 10.6. The van der Waals surface area contributed by atoms with E-state index in [0.29, 0.717) is 25.8 Å². The topological polar surface area (TPSA) is 78.0 Å². The maximum Gasteiger partial charge on any atom is 0.220 e. The largest absolute Gasteiger partial charge is 0.508 e. The van der Waals surface area contributed by atoms with Crippen LogP contribution in [0.15, 0.2) is 36.7 Å². The second-order valence-electron chi connectivity index (χ2n) is 4.26. The highest BCUT2D eigenvalue weighted by molar-refractivity contribution is 5.76. The summed E-state index contributed by atoms with van der Waals surface area (Å²) in [7, 11) is 0. The van der Waals surface area contributed by atoms with Crippen molar-refractivity contribution in [2.24, 2.45) is 0 Å². The number of benzene rings is 1. The highest BCUT2D eigenvalue weighted by Gasteiger charge is 2.05. The van der Waals surface area contributed by atoms with Crippen LogP contribution in [0, 0.1) is 0 Å². The SMILES string of the molecule is O=C(CCc1ccccc1O)NCCc1ncc[nH]1. The monoisotopic (exact) mass is 259 g/mol. The Labute approximate surface area is 111 Å². The number of rotatable bonds is 6. The predicted octanol–water partition coefficient (Wildman–Crippen LogP) is 1.41. The number of imidazole rings is 1. The van der Waals surface area contributed by atoms with Crippen molar-refractivity contribution in [3.05, 3.63) is 48.0 Å². The fourth-order valence-electron chi connectivity index (χ4n) is 1.81. The van der Waals surface area contributed by atoms with Crippen molar-refractivity contribution < 1.29 is 9.90 Å². The van der Waals surface area contributed by atoms with Crippen LogP contribution in [-0.2, 0) is 17.6 Å². The first-order valence-electron chi connectivity index (χ1n) is 6.27. The van der Waals surface area contributed by atoms with Crippen molar-refractivity contribution in [3.63, 3.8) is 0 Å². The Morgan fingerprint density at radius 2 is 2.16 bits per heavy atom. The molecule has 1 amide bonds. The number of hydrogen-bond acceptors (Lipinski definition) is 3. The highest BCUT2D eigenvalue weighted by atomic mass is 16.3. The molecule has 19 heavy (non-hydrogen) atoms. The van der Waals surface area contributed by atoms with Crippen LogP contribution < -0.4 is 5.32 Å². The molecule has 0 saturated carbocycles. The van der Waals surface area contributed by atoms with Crippen molar-refractivity contribution in [2.75, 3.05) is 6.54 Å². The van der Waals surface area contributed by atoms with Gasteiger partial charge in [-0.1, -0.05) is 18.2 Å². The lowest BCUT2D eigenvalue weighted by Gasteiger charge is -2.05. The number of aryl methyl sites for hydroxylation is 1. The minimum atomic E-state index is -0.0187. The number of carbonyl (C=O) groups is 1. The van der Waals surface area contributed by atoms with E-state index in [9.17, 15) is 9.90 Å². The van der Waals surface area contributed by atoms with Crippen LogP contribution in [0.2, 0.25) is 0 Å². The molecule has 2 rings (SSSR count). The van der Waals surface area contributed by atoms with Crippen LogP contribution in [0.3, 0.4) is 0 Å². The quantitative estimate of drug-likeness (QED) is 0.734. The zero-order chi connectivity index (χ0) is 13.5. The van der Waals surface area contributed by atoms with Gasteiger partial charge in [0.25, 0.3) is 0 Å². The summed E-state index contributed by atoms with van der Waals surface area (Å²) in [5, 5.41) is 12.4. The number of nitrogens with zero attached hydrogens (tertiary/aromatic N) is 1. The average Bonchev–Trinajstić information content (AvgIpc) is 2.91. The van der Waals surface area contributed by atoms with Gasteiger partial charge in [-0.15, -0.1) is 0 Å². The van der Waals surface area contributed by atoms with Crippen LogP contribution >= 0.6 is 0 Å². The molecule has 0 saturated heterocycles. The molecule has 0 aliphatic carbocycles. The molecular formula is C14H17N3O2. The van der Waals surface area contributed by atoms with E-state index >= 15 is 0 Å². The van der Waals surface area contributed by atoms with Crippen LogP contribution in [0.5, 0.6) is 5.75 Å². The number of nitrogens with one attached hydrogen (secondary N) is 2. The predicted molar refractivity (Wildman–Crippen MR) is 71.7 cm³/mol. The Balaban J connectivity index is 1.69. The van der Waals surface area contributed by atoms with E-state index in [1.165, 1.54) is 0 Å². The van der Waals surface area contributed by atoms with E-state index < -0.39 is 0 Å². The number of aromatic hydroxyl groups is 1. The van der Waals surface area contributed by atoms with Gasteiger partial charge in [0.1, 0.15) is 11.6 Å². The van der Waals surface area contributed by atoms with Crippen molar-refractivity contribution in [2.45, 2.75) is 19.3 Å². The zero-order valence-corrected chi connectivity index (χ0v) is 10.6. The number of aromatic amines is 1. The summed E-state index contributed by atoms with van der Waals surface area (Å²) in [6, 6.07) is 7.07. The second kappa shape index (κ2) is 6.58. The van der Waals surface area contributed by atoms with Crippen molar-refractivity contribution in [1.29, 1.82) is 0 Å². The Hall–Kier alpha value is -2.30. The Bertz CT molecular complexity index is 523. The Morgan fingerprint density at radius 1 is 1.32 bits per heavy atom. The molecular weight excluding hydrogens is 242 g/mol. The van der Waals surface area contributed by atoms with Crippen LogP contribution in [0.1, 0.15) is 17.8 Å². The average molecular weight is 259 g/mol. The summed E-state index contributed by atoms with van der Waals surface area (Å²) >= 11 is 0. The van der Waals surface area contributed by atoms with Crippen LogP contribution in [0.25, 0.3) is 0 Å².